The second kappa shape index (κ2) is 6.25. The lowest BCUT2D eigenvalue weighted by atomic mass is 10.0. The number of benzene rings is 1. The molecule has 0 bridgehead atoms. The van der Waals surface area contributed by atoms with Crippen LogP contribution in [-0.4, -0.2) is 19.1 Å². The summed E-state index contributed by atoms with van der Waals surface area (Å²) in [5, 5.41) is 3.20. The third-order valence-corrected chi connectivity index (χ3v) is 2.80. The zero-order valence-corrected chi connectivity index (χ0v) is 10.6. The van der Waals surface area contributed by atoms with Gasteiger partial charge in [-0.05, 0) is 31.0 Å². The van der Waals surface area contributed by atoms with Crippen LogP contribution in [0.3, 0.4) is 0 Å². The lowest BCUT2D eigenvalue weighted by Crippen LogP contribution is -2.40. The van der Waals surface area contributed by atoms with Crippen LogP contribution in [0, 0.1) is 0 Å². The largest absolute Gasteiger partial charge is 0.497 e. The molecule has 0 saturated carbocycles. The van der Waals surface area contributed by atoms with Gasteiger partial charge in [-0.25, -0.2) is 0 Å². The highest BCUT2D eigenvalue weighted by molar-refractivity contribution is 5.79. The van der Waals surface area contributed by atoms with Crippen LogP contribution in [-0.2, 0) is 4.79 Å². The second-order valence-corrected chi connectivity index (χ2v) is 4.02. The maximum absolute atomic E-state index is 11.0. The Hall–Kier alpha value is -1.55. The Morgan fingerprint density at radius 1 is 1.41 bits per heavy atom. The average molecular weight is 236 g/mol. The highest BCUT2D eigenvalue weighted by Crippen LogP contribution is 2.20. The molecule has 0 heterocycles. The molecule has 0 radical (unpaired) electrons. The van der Waals surface area contributed by atoms with E-state index in [2.05, 4.69) is 12.2 Å². The van der Waals surface area contributed by atoms with Gasteiger partial charge in [0.1, 0.15) is 5.75 Å². The summed E-state index contributed by atoms with van der Waals surface area (Å²) in [7, 11) is 1.64. The Morgan fingerprint density at radius 2 is 2.00 bits per heavy atom. The fraction of sp³-hybridized carbons (Fsp3) is 0.462. The predicted molar refractivity (Wildman–Crippen MR) is 67.8 cm³/mol. The summed E-state index contributed by atoms with van der Waals surface area (Å²) < 4.78 is 5.11. The molecule has 0 spiro atoms. The van der Waals surface area contributed by atoms with E-state index in [9.17, 15) is 4.79 Å². The first kappa shape index (κ1) is 13.5. The number of ether oxygens (including phenoxy) is 1. The first-order valence-electron chi connectivity index (χ1n) is 5.77. The van der Waals surface area contributed by atoms with Gasteiger partial charge in [0.25, 0.3) is 0 Å². The Balaban J connectivity index is 2.75. The molecular weight excluding hydrogens is 216 g/mol. The SMILES string of the molecule is CC[C@@H](N[C@H](C)C(N)=O)c1ccc(OC)cc1. The van der Waals surface area contributed by atoms with Crippen molar-refractivity contribution in [2.75, 3.05) is 7.11 Å². The van der Waals surface area contributed by atoms with E-state index < -0.39 is 0 Å². The molecule has 4 heteroatoms. The van der Waals surface area contributed by atoms with Gasteiger partial charge in [-0.15, -0.1) is 0 Å². The van der Waals surface area contributed by atoms with Gasteiger partial charge in [-0.3, -0.25) is 10.1 Å². The van der Waals surface area contributed by atoms with Gasteiger partial charge >= 0.3 is 0 Å². The summed E-state index contributed by atoms with van der Waals surface area (Å²) in [5.41, 5.74) is 6.37. The van der Waals surface area contributed by atoms with Gasteiger partial charge in [0.15, 0.2) is 0 Å². The van der Waals surface area contributed by atoms with Crippen molar-refractivity contribution in [3.63, 3.8) is 0 Å². The van der Waals surface area contributed by atoms with Gasteiger partial charge in [0.05, 0.1) is 13.2 Å². The van der Waals surface area contributed by atoms with Crippen LogP contribution < -0.4 is 15.8 Å². The minimum atomic E-state index is -0.336. The van der Waals surface area contributed by atoms with Crippen molar-refractivity contribution in [3.8, 4) is 5.75 Å². The normalized spacial score (nSPS) is 14.1. The number of nitrogens with two attached hydrogens (primary N) is 1. The fourth-order valence-corrected chi connectivity index (χ4v) is 1.67. The maximum atomic E-state index is 11.0. The first-order valence-corrected chi connectivity index (χ1v) is 5.77. The van der Waals surface area contributed by atoms with Crippen LogP contribution in [0.4, 0.5) is 0 Å². The Morgan fingerprint density at radius 3 is 2.41 bits per heavy atom. The zero-order valence-electron chi connectivity index (χ0n) is 10.6. The van der Waals surface area contributed by atoms with Crippen LogP contribution in [0.1, 0.15) is 31.9 Å². The summed E-state index contributed by atoms with van der Waals surface area (Å²) in [6, 6.07) is 7.61. The van der Waals surface area contributed by atoms with E-state index >= 15 is 0 Å². The number of carbonyl (C=O) groups is 1. The highest BCUT2D eigenvalue weighted by atomic mass is 16.5. The number of hydrogen-bond acceptors (Lipinski definition) is 3. The number of carbonyl (C=O) groups excluding carboxylic acids is 1. The van der Waals surface area contributed by atoms with Crippen molar-refractivity contribution in [2.45, 2.75) is 32.4 Å². The molecule has 1 aromatic rings. The molecule has 4 nitrogen and oxygen atoms in total. The lowest BCUT2D eigenvalue weighted by molar-refractivity contribution is -0.119. The summed E-state index contributed by atoms with van der Waals surface area (Å²) in [6.07, 6.45) is 0.893. The van der Waals surface area contributed by atoms with Crippen molar-refractivity contribution in [1.82, 2.24) is 5.32 Å². The molecule has 0 aromatic heterocycles. The van der Waals surface area contributed by atoms with E-state index in [0.717, 1.165) is 17.7 Å². The molecule has 0 fully saturated rings. The molecule has 1 amide bonds. The molecule has 1 aromatic carbocycles. The number of hydrogen-bond donors (Lipinski definition) is 2. The summed E-state index contributed by atoms with van der Waals surface area (Å²) in [6.45, 7) is 3.84. The van der Waals surface area contributed by atoms with E-state index in [0.29, 0.717) is 0 Å². The number of methoxy groups -OCH3 is 1. The van der Waals surface area contributed by atoms with Crippen LogP contribution in [0.5, 0.6) is 5.75 Å². The summed E-state index contributed by atoms with van der Waals surface area (Å²) in [4.78, 5) is 11.0. The van der Waals surface area contributed by atoms with E-state index in [-0.39, 0.29) is 18.0 Å². The van der Waals surface area contributed by atoms with Crippen molar-refractivity contribution >= 4 is 5.91 Å². The number of amides is 1. The summed E-state index contributed by atoms with van der Waals surface area (Å²) in [5.74, 6) is 0.489. The topological polar surface area (TPSA) is 64.3 Å². The smallest absolute Gasteiger partial charge is 0.234 e. The molecule has 17 heavy (non-hydrogen) atoms. The molecular formula is C13H20N2O2. The molecule has 0 aliphatic heterocycles. The second-order valence-electron chi connectivity index (χ2n) is 4.02. The molecule has 0 unspecified atom stereocenters. The quantitative estimate of drug-likeness (QED) is 0.788. The zero-order chi connectivity index (χ0) is 12.8. The molecule has 2 atom stereocenters. The van der Waals surface area contributed by atoms with Crippen LogP contribution in [0.2, 0.25) is 0 Å². The number of primary amides is 1. The van der Waals surface area contributed by atoms with Gasteiger partial charge in [0.2, 0.25) is 5.91 Å². The van der Waals surface area contributed by atoms with E-state index in [1.807, 2.05) is 24.3 Å². The van der Waals surface area contributed by atoms with Crippen molar-refractivity contribution in [2.24, 2.45) is 5.73 Å². The number of nitrogens with one attached hydrogen (secondary N) is 1. The Labute approximate surface area is 102 Å². The van der Waals surface area contributed by atoms with Gasteiger partial charge in [-0.1, -0.05) is 19.1 Å². The molecule has 0 aliphatic carbocycles. The molecule has 0 saturated heterocycles. The van der Waals surface area contributed by atoms with Gasteiger partial charge in [0, 0.05) is 6.04 Å². The van der Waals surface area contributed by atoms with Crippen molar-refractivity contribution in [1.29, 1.82) is 0 Å². The standard InChI is InChI=1S/C13H20N2O2/c1-4-12(15-9(2)13(14)16)10-5-7-11(17-3)8-6-10/h5-9,12,15H,4H2,1-3H3,(H2,14,16)/t9-,12-/m1/s1. The monoisotopic (exact) mass is 236 g/mol. The Bertz CT molecular complexity index is 362. The molecule has 0 aliphatic rings. The van der Waals surface area contributed by atoms with E-state index in [4.69, 9.17) is 10.5 Å². The van der Waals surface area contributed by atoms with Gasteiger partial charge in [-0.2, -0.15) is 0 Å². The number of rotatable bonds is 6. The minimum absolute atomic E-state index is 0.128. The first-order chi connectivity index (χ1) is 8.08. The minimum Gasteiger partial charge on any atom is -0.497 e. The van der Waals surface area contributed by atoms with Crippen LogP contribution in [0.25, 0.3) is 0 Å². The maximum Gasteiger partial charge on any atom is 0.234 e. The molecule has 3 N–H and O–H groups in total. The van der Waals surface area contributed by atoms with Crippen molar-refractivity contribution in [3.05, 3.63) is 29.8 Å². The van der Waals surface area contributed by atoms with Gasteiger partial charge < -0.3 is 10.5 Å². The predicted octanol–water partition coefficient (Wildman–Crippen LogP) is 1.61. The third kappa shape index (κ3) is 3.75. The van der Waals surface area contributed by atoms with Crippen LogP contribution in [0.15, 0.2) is 24.3 Å². The summed E-state index contributed by atoms with van der Waals surface area (Å²) >= 11 is 0. The lowest BCUT2D eigenvalue weighted by Gasteiger charge is -2.21. The fourth-order valence-electron chi connectivity index (χ4n) is 1.67. The van der Waals surface area contributed by atoms with Crippen LogP contribution >= 0.6 is 0 Å². The highest BCUT2D eigenvalue weighted by Gasteiger charge is 2.15. The third-order valence-electron chi connectivity index (χ3n) is 2.80. The molecule has 1 rings (SSSR count). The van der Waals surface area contributed by atoms with E-state index in [1.165, 1.54) is 0 Å². The van der Waals surface area contributed by atoms with E-state index in [1.54, 1.807) is 14.0 Å². The Kier molecular flexibility index (Phi) is 4.97. The van der Waals surface area contributed by atoms with Crippen molar-refractivity contribution < 1.29 is 9.53 Å². The average Bonchev–Trinajstić information content (AvgIpc) is 2.35. The molecule has 94 valence electrons.